The molecule has 320 valence electrons. The first-order valence-corrected chi connectivity index (χ1v) is 21.0. The van der Waals surface area contributed by atoms with Crippen LogP contribution in [0.25, 0.3) is 0 Å². The van der Waals surface area contributed by atoms with Crippen molar-refractivity contribution in [3.8, 4) is 5.75 Å². The smallest absolute Gasteiger partial charge is 0.315 e. The Morgan fingerprint density at radius 1 is 0.895 bits per heavy atom. The van der Waals surface area contributed by atoms with Crippen LogP contribution in [0.4, 0.5) is 9.59 Å². The lowest BCUT2D eigenvalue weighted by atomic mass is 10.0. The molecule has 0 unspecified atom stereocenters. The molecule has 18 nitrogen and oxygen atoms in total. The number of fused-ring (bicyclic) bond motifs is 1. The maximum Gasteiger partial charge on any atom is 0.315 e. The number of amides is 5. The number of rotatable bonds is 31. The van der Waals surface area contributed by atoms with Crippen molar-refractivity contribution < 1.29 is 43.2 Å². The molecule has 4 rings (SSSR count). The summed E-state index contributed by atoms with van der Waals surface area (Å²) in [6.45, 7) is 6.45. The summed E-state index contributed by atoms with van der Waals surface area (Å²) < 4.78 is 27.7. The number of thioether (sulfide) groups is 1. The molecule has 0 bridgehead atoms. The van der Waals surface area contributed by atoms with Gasteiger partial charge in [-0.1, -0.05) is 18.6 Å². The van der Waals surface area contributed by atoms with Crippen LogP contribution in [0.5, 0.6) is 5.75 Å². The minimum atomic E-state index is -0.235. The topological polar surface area (TPSA) is 212 Å². The van der Waals surface area contributed by atoms with Crippen molar-refractivity contribution in [3.63, 3.8) is 0 Å². The van der Waals surface area contributed by atoms with Crippen LogP contribution in [-0.2, 0) is 47.9 Å². The standard InChI is InChI=1S/C38H63N9O9S/c1-46(2)31(25-29-7-9-32(48)10-8-29)27-41-37(50)40-12-11-30-26-42-47(45-30)14-16-53-18-20-55-22-24-56-23-21-54-19-17-52-15-13-39-35(49)6-4-3-5-34-36-33(28-57-34)43-38(51)44-36/h7-10,26,31,33-34,36,48H,3-6,11-25,27-28H2,1-2H3,(H,39,49)(H2,40,41,50)(H2,43,44,51)/t31-,33-,34-,36-/m0/s1. The van der Waals surface area contributed by atoms with E-state index in [2.05, 4.69) is 41.7 Å². The first-order chi connectivity index (χ1) is 27.8. The summed E-state index contributed by atoms with van der Waals surface area (Å²) in [5.41, 5.74) is 1.87. The van der Waals surface area contributed by atoms with Crippen molar-refractivity contribution in [2.24, 2.45) is 0 Å². The van der Waals surface area contributed by atoms with Crippen LogP contribution < -0.4 is 26.6 Å². The molecule has 6 N–H and O–H groups in total. The van der Waals surface area contributed by atoms with Crippen molar-refractivity contribution in [2.75, 3.05) is 106 Å². The Morgan fingerprint density at radius 2 is 1.56 bits per heavy atom. The molecule has 0 radical (unpaired) electrons. The number of unbranched alkanes of at least 4 members (excludes halogenated alkanes) is 1. The van der Waals surface area contributed by atoms with E-state index in [1.807, 2.05) is 38.0 Å². The van der Waals surface area contributed by atoms with Gasteiger partial charge >= 0.3 is 12.1 Å². The zero-order valence-corrected chi connectivity index (χ0v) is 34.3. The summed E-state index contributed by atoms with van der Waals surface area (Å²) in [5, 5.41) is 33.3. The minimum Gasteiger partial charge on any atom is -0.508 e. The second-order valence-corrected chi connectivity index (χ2v) is 15.4. The third kappa shape index (κ3) is 19.1. The molecule has 1 aromatic carbocycles. The van der Waals surface area contributed by atoms with E-state index in [0.717, 1.165) is 42.7 Å². The fourth-order valence-electron chi connectivity index (χ4n) is 6.23. The van der Waals surface area contributed by atoms with E-state index >= 15 is 0 Å². The minimum absolute atomic E-state index is 0.0366. The summed E-state index contributed by atoms with van der Waals surface area (Å²) in [6, 6.07) is 7.38. The van der Waals surface area contributed by atoms with E-state index in [1.54, 1.807) is 23.1 Å². The second kappa shape index (κ2) is 27.1. The summed E-state index contributed by atoms with van der Waals surface area (Å²) in [4.78, 5) is 39.6. The molecule has 2 fully saturated rings. The number of likely N-dealkylation sites (N-methyl/N-ethyl adjacent to an activating group) is 1. The van der Waals surface area contributed by atoms with Crippen LogP contribution in [0.15, 0.2) is 30.5 Å². The van der Waals surface area contributed by atoms with Gasteiger partial charge in [0.2, 0.25) is 5.91 Å². The molecule has 2 aromatic rings. The average molecular weight is 822 g/mol. The molecular formula is C38H63N9O9S. The molecule has 1 aromatic heterocycles. The Bertz CT molecular complexity index is 1440. The van der Waals surface area contributed by atoms with E-state index in [0.29, 0.717) is 110 Å². The highest BCUT2D eigenvalue weighted by molar-refractivity contribution is 8.00. The number of carbonyl (C=O) groups excluding carboxylic acids is 3. The number of aromatic hydroxyl groups is 1. The number of benzene rings is 1. The molecule has 2 aliphatic heterocycles. The highest BCUT2D eigenvalue weighted by Gasteiger charge is 2.42. The van der Waals surface area contributed by atoms with Gasteiger partial charge in [-0.15, -0.1) is 0 Å². The van der Waals surface area contributed by atoms with E-state index < -0.39 is 0 Å². The number of ether oxygens (including phenoxy) is 5. The number of hydrogen-bond acceptors (Lipinski definition) is 13. The molecule has 0 saturated carbocycles. The molecule has 0 spiro atoms. The van der Waals surface area contributed by atoms with Gasteiger partial charge in [0.15, 0.2) is 0 Å². The molecule has 0 aliphatic carbocycles. The predicted molar refractivity (Wildman–Crippen MR) is 215 cm³/mol. The van der Waals surface area contributed by atoms with Crippen LogP contribution in [0.3, 0.4) is 0 Å². The lowest BCUT2D eigenvalue weighted by Crippen LogP contribution is -2.45. The number of hydrogen-bond donors (Lipinski definition) is 6. The zero-order chi connectivity index (χ0) is 40.5. The van der Waals surface area contributed by atoms with Crippen LogP contribution in [0.1, 0.15) is 36.9 Å². The first kappa shape index (κ1) is 46.0. The normalized spacial score (nSPS) is 17.9. The number of carbonyl (C=O) groups is 3. The predicted octanol–water partition coefficient (Wildman–Crippen LogP) is 0.923. The van der Waals surface area contributed by atoms with Crippen LogP contribution in [0.2, 0.25) is 0 Å². The van der Waals surface area contributed by atoms with Crippen LogP contribution in [-0.4, -0.2) is 172 Å². The summed E-state index contributed by atoms with van der Waals surface area (Å²) >= 11 is 1.90. The van der Waals surface area contributed by atoms with Crippen LogP contribution in [0, 0.1) is 0 Å². The first-order valence-electron chi connectivity index (χ1n) is 20.0. The maximum atomic E-state index is 12.4. The van der Waals surface area contributed by atoms with Crippen molar-refractivity contribution >= 4 is 29.7 Å². The molecule has 4 atom stereocenters. The number of phenolic OH excluding ortho intramolecular Hbond substituents is 1. The monoisotopic (exact) mass is 821 g/mol. The molecule has 19 heteroatoms. The summed E-state index contributed by atoms with van der Waals surface area (Å²) in [7, 11) is 3.95. The van der Waals surface area contributed by atoms with E-state index in [4.69, 9.17) is 23.7 Å². The lowest BCUT2D eigenvalue weighted by molar-refractivity contribution is -0.121. The van der Waals surface area contributed by atoms with E-state index in [9.17, 15) is 19.5 Å². The third-order valence-electron chi connectivity index (χ3n) is 9.46. The molecule has 2 aliphatic rings. The number of nitrogens with zero attached hydrogens (tertiary/aromatic N) is 4. The summed E-state index contributed by atoms with van der Waals surface area (Å²) in [5.74, 6) is 1.23. The van der Waals surface area contributed by atoms with Crippen LogP contribution >= 0.6 is 11.8 Å². The second-order valence-electron chi connectivity index (χ2n) is 14.1. The lowest BCUT2D eigenvalue weighted by Gasteiger charge is -2.25. The number of phenols is 1. The average Bonchev–Trinajstić information content (AvgIpc) is 3.91. The van der Waals surface area contributed by atoms with Gasteiger partial charge in [-0.05, 0) is 51.1 Å². The number of aromatic nitrogens is 3. The molecule has 3 heterocycles. The SMILES string of the molecule is CN(C)[C@H](CNC(=O)NCCc1cnn(CCOCCOCCOCCOCCOCCNC(=O)CCCC[C@@H]2SC[C@@H]3NC(=O)N[C@@H]32)n1)Cc1ccc(O)cc1. The molecule has 57 heavy (non-hydrogen) atoms. The Morgan fingerprint density at radius 3 is 2.25 bits per heavy atom. The number of urea groups is 2. The fraction of sp³-hybridized carbons (Fsp3) is 0.711. The van der Waals surface area contributed by atoms with Gasteiger partial charge in [-0.25, -0.2) is 9.59 Å². The van der Waals surface area contributed by atoms with Gasteiger partial charge in [-0.2, -0.15) is 26.8 Å². The highest BCUT2D eigenvalue weighted by atomic mass is 32.2. The Hall–Kier alpha value is -3.72. The Kier molecular flexibility index (Phi) is 21.8. The Labute approximate surface area is 340 Å². The van der Waals surface area contributed by atoms with Crippen molar-refractivity contribution in [1.29, 1.82) is 0 Å². The van der Waals surface area contributed by atoms with Crippen molar-refractivity contribution in [1.82, 2.24) is 46.5 Å². The third-order valence-corrected chi connectivity index (χ3v) is 11.0. The molecular weight excluding hydrogens is 759 g/mol. The largest absolute Gasteiger partial charge is 0.508 e. The van der Waals surface area contributed by atoms with Gasteiger partial charge in [-0.3, -0.25) is 4.79 Å². The van der Waals surface area contributed by atoms with Gasteiger partial charge < -0.3 is 60.3 Å². The Balaban J connectivity index is 0.849. The highest BCUT2D eigenvalue weighted by Crippen LogP contribution is 2.33. The van der Waals surface area contributed by atoms with Gasteiger partial charge in [0.25, 0.3) is 0 Å². The zero-order valence-electron chi connectivity index (χ0n) is 33.5. The quantitative estimate of drug-likeness (QED) is 0.0463. The summed E-state index contributed by atoms with van der Waals surface area (Å²) in [6.07, 6.45) is 6.31. The van der Waals surface area contributed by atoms with E-state index in [1.165, 1.54) is 0 Å². The van der Waals surface area contributed by atoms with Crippen molar-refractivity contribution in [2.45, 2.75) is 68.4 Å². The molecule has 5 amide bonds. The van der Waals surface area contributed by atoms with Crippen molar-refractivity contribution in [3.05, 3.63) is 41.7 Å². The van der Waals surface area contributed by atoms with E-state index in [-0.39, 0.29) is 41.8 Å². The number of nitrogens with one attached hydrogen (secondary N) is 5. The fourth-order valence-corrected chi connectivity index (χ4v) is 7.77. The van der Waals surface area contributed by atoms with Gasteiger partial charge in [0, 0.05) is 49.5 Å². The maximum absolute atomic E-state index is 12.4. The van der Waals surface area contributed by atoms with Gasteiger partial charge in [0.05, 0.1) is 96.6 Å². The van der Waals surface area contributed by atoms with Gasteiger partial charge in [0.1, 0.15) is 5.75 Å². The molecule has 2 saturated heterocycles.